The quantitative estimate of drug-likeness (QED) is 0.344. The number of carbonyl (C=O) groups is 1. The average molecular weight is 184 g/mol. The standard InChI is InChI=1S/C11H20O2/c1-3-5-7-8-10-13-11(12)9-6-4-2/h8,10H,3-7,9H2,1-2H3/b10-8+. The minimum absolute atomic E-state index is 0.116. The van der Waals surface area contributed by atoms with E-state index >= 15 is 0 Å². The zero-order chi connectivity index (χ0) is 9.94. The molecule has 0 aromatic carbocycles. The Labute approximate surface area is 81.0 Å². The zero-order valence-electron chi connectivity index (χ0n) is 8.71. The first-order valence-electron chi connectivity index (χ1n) is 5.15. The van der Waals surface area contributed by atoms with Crippen LogP contribution in [0.3, 0.4) is 0 Å². The summed E-state index contributed by atoms with van der Waals surface area (Å²) in [5, 5.41) is 0. The van der Waals surface area contributed by atoms with Gasteiger partial charge in [0.15, 0.2) is 0 Å². The number of allylic oxidation sites excluding steroid dienone is 1. The predicted molar refractivity (Wildman–Crippen MR) is 54.3 cm³/mol. The van der Waals surface area contributed by atoms with E-state index in [2.05, 4.69) is 13.8 Å². The van der Waals surface area contributed by atoms with E-state index in [9.17, 15) is 4.79 Å². The fourth-order valence-corrected chi connectivity index (χ4v) is 0.894. The molecule has 0 fully saturated rings. The molecule has 0 atom stereocenters. The molecule has 0 rings (SSSR count). The van der Waals surface area contributed by atoms with E-state index in [1.165, 1.54) is 12.7 Å². The molecule has 0 bridgehead atoms. The minimum atomic E-state index is -0.116. The van der Waals surface area contributed by atoms with Crippen molar-refractivity contribution >= 4 is 5.97 Å². The highest BCUT2D eigenvalue weighted by molar-refractivity contribution is 5.69. The molecule has 2 heteroatoms. The second kappa shape index (κ2) is 9.30. The van der Waals surface area contributed by atoms with Crippen LogP contribution < -0.4 is 0 Å². The Morgan fingerprint density at radius 2 is 1.92 bits per heavy atom. The summed E-state index contributed by atoms with van der Waals surface area (Å²) < 4.78 is 4.87. The molecule has 0 N–H and O–H groups in total. The second-order valence-electron chi connectivity index (χ2n) is 3.11. The van der Waals surface area contributed by atoms with E-state index < -0.39 is 0 Å². The van der Waals surface area contributed by atoms with Gasteiger partial charge < -0.3 is 4.74 Å². The van der Waals surface area contributed by atoms with Crippen molar-refractivity contribution in [3.8, 4) is 0 Å². The van der Waals surface area contributed by atoms with Gasteiger partial charge in [-0.15, -0.1) is 0 Å². The SMILES string of the molecule is CCCC/C=C/OC(=O)CCCC. The van der Waals surface area contributed by atoms with Crippen molar-refractivity contribution in [1.29, 1.82) is 0 Å². The molecule has 0 aromatic heterocycles. The molecule has 0 heterocycles. The molecular weight excluding hydrogens is 164 g/mol. The molecule has 0 saturated carbocycles. The first-order valence-corrected chi connectivity index (χ1v) is 5.15. The van der Waals surface area contributed by atoms with Crippen LogP contribution in [0.5, 0.6) is 0 Å². The molecule has 0 amide bonds. The number of esters is 1. The first-order chi connectivity index (χ1) is 6.31. The van der Waals surface area contributed by atoms with Crippen LogP contribution in [0.2, 0.25) is 0 Å². The Hall–Kier alpha value is -0.790. The molecule has 2 nitrogen and oxygen atoms in total. The number of rotatable bonds is 7. The second-order valence-corrected chi connectivity index (χ2v) is 3.11. The highest BCUT2D eigenvalue weighted by Gasteiger charge is 1.97. The summed E-state index contributed by atoms with van der Waals surface area (Å²) >= 11 is 0. The Bertz CT molecular complexity index is 150. The topological polar surface area (TPSA) is 26.3 Å². The van der Waals surface area contributed by atoms with Gasteiger partial charge in [-0.25, -0.2) is 0 Å². The number of unbranched alkanes of at least 4 members (excludes halogenated alkanes) is 3. The van der Waals surface area contributed by atoms with E-state index in [4.69, 9.17) is 4.74 Å². The highest BCUT2D eigenvalue weighted by Crippen LogP contribution is 1.98. The van der Waals surface area contributed by atoms with Gasteiger partial charge in [0.05, 0.1) is 6.26 Å². The van der Waals surface area contributed by atoms with Gasteiger partial charge in [0.2, 0.25) is 0 Å². The van der Waals surface area contributed by atoms with Crippen molar-refractivity contribution in [2.75, 3.05) is 0 Å². The number of ether oxygens (including phenoxy) is 1. The summed E-state index contributed by atoms with van der Waals surface area (Å²) in [6, 6.07) is 0. The summed E-state index contributed by atoms with van der Waals surface area (Å²) in [6.45, 7) is 4.20. The van der Waals surface area contributed by atoms with Crippen LogP contribution in [0, 0.1) is 0 Å². The van der Waals surface area contributed by atoms with Crippen LogP contribution >= 0.6 is 0 Å². The van der Waals surface area contributed by atoms with Crippen molar-refractivity contribution in [3.05, 3.63) is 12.3 Å². The van der Waals surface area contributed by atoms with E-state index in [-0.39, 0.29) is 5.97 Å². The van der Waals surface area contributed by atoms with Gasteiger partial charge in [0.1, 0.15) is 0 Å². The third-order valence-electron chi connectivity index (χ3n) is 1.75. The third-order valence-corrected chi connectivity index (χ3v) is 1.75. The van der Waals surface area contributed by atoms with Crippen molar-refractivity contribution in [2.45, 2.75) is 52.4 Å². The van der Waals surface area contributed by atoms with Crippen molar-refractivity contribution in [3.63, 3.8) is 0 Å². The zero-order valence-corrected chi connectivity index (χ0v) is 8.71. The summed E-state index contributed by atoms with van der Waals surface area (Å²) in [5.74, 6) is -0.116. The summed E-state index contributed by atoms with van der Waals surface area (Å²) in [5.41, 5.74) is 0. The lowest BCUT2D eigenvalue weighted by molar-refractivity contribution is -0.138. The van der Waals surface area contributed by atoms with E-state index in [0.717, 1.165) is 25.7 Å². The van der Waals surface area contributed by atoms with Gasteiger partial charge in [-0.3, -0.25) is 4.79 Å². The highest BCUT2D eigenvalue weighted by atomic mass is 16.5. The van der Waals surface area contributed by atoms with Gasteiger partial charge in [0, 0.05) is 6.42 Å². The first kappa shape index (κ1) is 12.2. The maximum Gasteiger partial charge on any atom is 0.310 e. The largest absolute Gasteiger partial charge is 0.435 e. The summed E-state index contributed by atoms with van der Waals surface area (Å²) in [7, 11) is 0. The Morgan fingerprint density at radius 1 is 1.23 bits per heavy atom. The fourth-order valence-electron chi connectivity index (χ4n) is 0.894. The van der Waals surface area contributed by atoms with Crippen molar-refractivity contribution < 1.29 is 9.53 Å². The molecule has 0 aliphatic carbocycles. The average Bonchev–Trinajstić information content (AvgIpc) is 2.14. The smallest absolute Gasteiger partial charge is 0.310 e. The molecule has 0 saturated heterocycles. The molecule has 0 radical (unpaired) electrons. The Balaban J connectivity index is 3.29. The van der Waals surface area contributed by atoms with Gasteiger partial charge in [-0.1, -0.05) is 26.7 Å². The molecule has 0 unspecified atom stereocenters. The van der Waals surface area contributed by atoms with Crippen LogP contribution in [0.25, 0.3) is 0 Å². The Kier molecular flexibility index (Phi) is 8.73. The lowest BCUT2D eigenvalue weighted by Crippen LogP contribution is -1.98. The molecule has 0 aromatic rings. The molecular formula is C11H20O2. The van der Waals surface area contributed by atoms with E-state index in [1.807, 2.05) is 6.08 Å². The minimum Gasteiger partial charge on any atom is -0.435 e. The van der Waals surface area contributed by atoms with Crippen LogP contribution in [-0.2, 0) is 9.53 Å². The lowest BCUT2D eigenvalue weighted by Gasteiger charge is -1.96. The third kappa shape index (κ3) is 9.12. The van der Waals surface area contributed by atoms with E-state index in [1.54, 1.807) is 0 Å². The van der Waals surface area contributed by atoms with Crippen LogP contribution in [-0.4, -0.2) is 5.97 Å². The Morgan fingerprint density at radius 3 is 2.54 bits per heavy atom. The van der Waals surface area contributed by atoms with Gasteiger partial charge in [-0.05, 0) is 25.3 Å². The molecule has 0 aliphatic rings. The predicted octanol–water partition coefficient (Wildman–Crippen LogP) is 3.42. The molecule has 0 spiro atoms. The number of carbonyl (C=O) groups excluding carboxylic acids is 1. The normalized spacial score (nSPS) is 10.6. The fraction of sp³-hybridized carbons (Fsp3) is 0.727. The molecule has 13 heavy (non-hydrogen) atoms. The van der Waals surface area contributed by atoms with Crippen LogP contribution in [0.15, 0.2) is 12.3 Å². The van der Waals surface area contributed by atoms with Crippen molar-refractivity contribution in [1.82, 2.24) is 0 Å². The summed E-state index contributed by atoms with van der Waals surface area (Å²) in [4.78, 5) is 11.0. The monoisotopic (exact) mass is 184 g/mol. The maximum atomic E-state index is 11.0. The van der Waals surface area contributed by atoms with Crippen LogP contribution in [0.1, 0.15) is 52.4 Å². The molecule has 76 valence electrons. The van der Waals surface area contributed by atoms with Gasteiger partial charge in [0.25, 0.3) is 0 Å². The maximum absolute atomic E-state index is 11.0. The van der Waals surface area contributed by atoms with Crippen molar-refractivity contribution in [2.24, 2.45) is 0 Å². The number of hydrogen-bond donors (Lipinski definition) is 0. The van der Waals surface area contributed by atoms with Gasteiger partial charge >= 0.3 is 5.97 Å². The van der Waals surface area contributed by atoms with E-state index in [0.29, 0.717) is 6.42 Å². The molecule has 0 aliphatic heterocycles. The van der Waals surface area contributed by atoms with Gasteiger partial charge in [-0.2, -0.15) is 0 Å². The van der Waals surface area contributed by atoms with Crippen LogP contribution in [0.4, 0.5) is 0 Å². The lowest BCUT2D eigenvalue weighted by atomic mass is 10.2. The number of hydrogen-bond acceptors (Lipinski definition) is 2. The summed E-state index contributed by atoms with van der Waals surface area (Å²) in [6.07, 6.45) is 9.25.